The molecule has 3 N–H and O–H groups in total. The van der Waals surface area contributed by atoms with Crippen LogP contribution in [0.4, 0.5) is 4.79 Å². The SMILES string of the molecule is C[C@H](O)[C@@H](NC(=O)N1CCC(c2ccccc2)CC1)C(=O)CO. The smallest absolute Gasteiger partial charge is 0.318 e. The molecule has 1 aromatic rings. The van der Waals surface area contributed by atoms with Crippen molar-refractivity contribution in [1.82, 2.24) is 10.2 Å². The average Bonchev–Trinajstić information content (AvgIpc) is 2.59. The Morgan fingerprint density at radius 2 is 1.87 bits per heavy atom. The van der Waals surface area contributed by atoms with Gasteiger partial charge in [0, 0.05) is 13.1 Å². The lowest BCUT2D eigenvalue weighted by Crippen LogP contribution is -2.54. The Hall–Kier alpha value is -1.92. The summed E-state index contributed by atoms with van der Waals surface area (Å²) in [5, 5.41) is 21.0. The van der Waals surface area contributed by atoms with E-state index in [1.807, 2.05) is 18.2 Å². The number of aliphatic hydroxyl groups is 2. The fraction of sp³-hybridized carbons (Fsp3) is 0.529. The van der Waals surface area contributed by atoms with Gasteiger partial charge in [-0.25, -0.2) is 4.79 Å². The van der Waals surface area contributed by atoms with E-state index < -0.39 is 24.5 Å². The fourth-order valence-electron chi connectivity index (χ4n) is 2.93. The van der Waals surface area contributed by atoms with E-state index in [4.69, 9.17) is 5.11 Å². The molecule has 2 atom stereocenters. The summed E-state index contributed by atoms with van der Waals surface area (Å²) in [4.78, 5) is 25.5. The molecule has 1 saturated heterocycles. The second-order valence-electron chi connectivity index (χ2n) is 5.96. The van der Waals surface area contributed by atoms with Crippen molar-refractivity contribution in [2.45, 2.75) is 37.8 Å². The monoisotopic (exact) mass is 320 g/mol. The van der Waals surface area contributed by atoms with Crippen molar-refractivity contribution in [3.8, 4) is 0 Å². The molecule has 2 amide bonds. The standard InChI is InChI=1S/C17H24N2O4/c1-12(21)16(15(22)11-20)18-17(23)19-9-7-14(8-10-19)13-5-3-2-4-6-13/h2-6,12,14,16,20-21H,7-11H2,1H3,(H,18,23)/t12-,16+/m0/s1. The van der Waals surface area contributed by atoms with Crippen LogP contribution >= 0.6 is 0 Å². The summed E-state index contributed by atoms with van der Waals surface area (Å²) < 4.78 is 0. The molecule has 6 nitrogen and oxygen atoms in total. The van der Waals surface area contributed by atoms with Gasteiger partial charge in [-0.15, -0.1) is 0 Å². The van der Waals surface area contributed by atoms with Gasteiger partial charge in [0.15, 0.2) is 5.78 Å². The molecule has 2 rings (SSSR count). The van der Waals surface area contributed by atoms with E-state index in [-0.39, 0.29) is 6.03 Å². The third kappa shape index (κ3) is 4.53. The molecule has 1 aliphatic rings. The number of urea groups is 1. The summed E-state index contributed by atoms with van der Waals surface area (Å²) >= 11 is 0. The van der Waals surface area contributed by atoms with Crippen LogP contribution in [-0.4, -0.2) is 58.8 Å². The largest absolute Gasteiger partial charge is 0.391 e. The minimum absolute atomic E-state index is 0.371. The molecule has 6 heteroatoms. The minimum Gasteiger partial charge on any atom is -0.391 e. The van der Waals surface area contributed by atoms with Gasteiger partial charge >= 0.3 is 6.03 Å². The van der Waals surface area contributed by atoms with Gasteiger partial charge in [-0.05, 0) is 31.2 Å². The predicted molar refractivity (Wildman–Crippen MR) is 86.1 cm³/mol. The molecule has 0 spiro atoms. The fourth-order valence-corrected chi connectivity index (χ4v) is 2.93. The summed E-state index contributed by atoms with van der Waals surface area (Å²) in [7, 11) is 0. The maximum Gasteiger partial charge on any atom is 0.318 e. The first-order chi connectivity index (χ1) is 11.0. The highest BCUT2D eigenvalue weighted by atomic mass is 16.3. The van der Waals surface area contributed by atoms with E-state index in [0.717, 1.165) is 12.8 Å². The number of likely N-dealkylation sites (tertiary alicyclic amines) is 1. The highest BCUT2D eigenvalue weighted by molar-refractivity contribution is 5.89. The normalized spacial score (nSPS) is 18.3. The number of amides is 2. The summed E-state index contributed by atoms with van der Waals surface area (Å²) in [6.07, 6.45) is 0.690. The molecule has 1 heterocycles. The Bertz CT molecular complexity index is 525. The van der Waals surface area contributed by atoms with Crippen molar-refractivity contribution in [2.75, 3.05) is 19.7 Å². The maximum atomic E-state index is 12.2. The second-order valence-corrected chi connectivity index (χ2v) is 5.96. The zero-order valence-electron chi connectivity index (χ0n) is 13.3. The molecule has 0 radical (unpaired) electrons. The van der Waals surface area contributed by atoms with Gasteiger partial charge in [0.05, 0.1) is 6.10 Å². The van der Waals surface area contributed by atoms with Crippen LogP contribution in [0.2, 0.25) is 0 Å². The van der Waals surface area contributed by atoms with Crippen molar-refractivity contribution in [1.29, 1.82) is 0 Å². The number of nitrogens with one attached hydrogen (secondary N) is 1. The highest BCUT2D eigenvalue weighted by Crippen LogP contribution is 2.27. The molecule has 0 unspecified atom stereocenters. The lowest BCUT2D eigenvalue weighted by Gasteiger charge is -2.33. The molecule has 0 aromatic heterocycles. The van der Waals surface area contributed by atoms with Crippen molar-refractivity contribution >= 4 is 11.8 Å². The lowest BCUT2D eigenvalue weighted by molar-refractivity contribution is -0.125. The van der Waals surface area contributed by atoms with Crippen molar-refractivity contribution < 1.29 is 19.8 Å². The summed E-state index contributed by atoms with van der Waals surface area (Å²) in [6, 6.07) is 8.78. The van der Waals surface area contributed by atoms with E-state index in [1.54, 1.807) is 4.90 Å². The Morgan fingerprint density at radius 3 is 2.39 bits per heavy atom. The highest BCUT2D eigenvalue weighted by Gasteiger charge is 2.29. The van der Waals surface area contributed by atoms with E-state index in [0.29, 0.717) is 19.0 Å². The Morgan fingerprint density at radius 1 is 1.26 bits per heavy atom. The number of rotatable bonds is 5. The molecule has 0 bridgehead atoms. The van der Waals surface area contributed by atoms with Crippen LogP contribution in [0, 0.1) is 0 Å². The number of ketones is 1. The number of nitrogens with zero attached hydrogens (tertiary/aromatic N) is 1. The maximum absolute atomic E-state index is 12.2. The van der Waals surface area contributed by atoms with Gasteiger partial charge in [0.2, 0.25) is 0 Å². The quantitative estimate of drug-likeness (QED) is 0.751. The number of carbonyl (C=O) groups excluding carboxylic acids is 2. The molecular weight excluding hydrogens is 296 g/mol. The molecular formula is C17H24N2O4. The van der Waals surface area contributed by atoms with Gasteiger partial charge in [-0.1, -0.05) is 30.3 Å². The van der Waals surface area contributed by atoms with Gasteiger partial charge < -0.3 is 20.4 Å². The van der Waals surface area contributed by atoms with E-state index in [1.165, 1.54) is 12.5 Å². The number of Topliss-reactive ketones (excluding diaryl/α,β-unsaturated/α-hetero) is 1. The third-order valence-corrected chi connectivity index (χ3v) is 4.32. The molecule has 0 aliphatic carbocycles. The summed E-state index contributed by atoms with van der Waals surface area (Å²) in [5.74, 6) is -0.153. The van der Waals surface area contributed by atoms with E-state index in [2.05, 4.69) is 17.4 Å². The zero-order chi connectivity index (χ0) is 16.8. The minimum atomic E-state index is -1.07. The van der Waals surface area contributed by atoms with E-state index in [9.17, 15) is 14.7 Å². The third-order valence-electron chi connectivity index (χ3n) is 4.32. The molecule has 1 aromatic carbocycles. The van der Waals surface area contributed by atoms with Crippen LogP contribution in [0.1, 0.15) is 31.2 Å². The molecule has 1 fully saturated rings. The van der Waals surface area contributed by atoms with Gasteiger partial charge in [0.25, 0.3) is 0 Å². The summed E-state index contributed by atoms with van der Waals surface area (Å²) in [6.45, 7) is 1.92. The van der Waals surface area contributed by atoms with Crippen molar-refractivity contribution in [3.63, 3.8) is 0 Å². The first-order valence-corrected chi connectivity index (χ1v) is 7.95. The van der Waals surface area contributed by atoms with Crippen LogP contribution in [0.5, 0.6) is 0 Å². The Balaban J connectivity index is 1.89. The first-order valence-electron chi connectivity index (χ1n) is 7.95. The van der Waals surface area contributed by atoms with Crippen LogP contribution in [0.15, 0.2) is 30.3 Å². The molecule has 0 saturated carbocycles. The second kappa shape index (κ2) is 8.08. The molecule has 126 valence electrons. The number of hydrogen-bond donors (Lipinski definition) is 3. The van der Waals surface area contributed by atoms with Gasteiger partial charge in [0.1, 0.15) is 12.6 Å². The van der Waals surface area contributed by atoms with Crippen molar-refractivity contribution in [2.24, 2.45) is 0 Å². The Kier molecular flexibility index (Phi) is 6.12. The number of carbonyl (C=O) groups is 2. The first kappa shape index (κ1) is 17.4. The predicted octanol–water partition coefficient (Wildman–Crippen LogP) is 0.886. The topological polar surface area (TPSA) is 89.9 Å². The van der Waals surface area contributed by atoms with Crippen LogP contribution in [0.25, 0.3) is 0 Å². The number of benzene rings is 1. The van der Waals surface area contributed by atoms with Gasteiger partial charge in [-0.3, -0.25) is 4.79 Å². The van der Waals surface area contributed by atoms with Crippen LogP contribution in [-0.2, 0) is 4.79 Å². The average molecular weight is 320 g/mol. The lowest BCUT2D eigenvalue weighted by atomic mass is 9.89. The van der Waals surface area contributed by atoms with Crippen molar-refractivity contribution in [3.05, 3.63) is 35.9 Å². The van der Waals surface area contributed by atoms with Crippen LogP contribution in [0.3, 0.4) is 0 Å². The Labute approximate surface area is 136 Å². The summed E-state index contributed by atoms with van der Waals surface area (Å²) in [5.41, 5.74) is 1.28. The number of aliphatic hydroxyl groups excluding tert-OH is 2. The molecule has 1 aliphatic heterocycles. The van der Waals surface area contributed by atoms with Gasteiger partial charge in [-0.2, -0.15) is 0 Å². The number of piperidine rings is 1. The number of hydrogen-bond acceptors (Lipinski definition) is 4. The zero-order valence-corrected chi connectivity index (χ0v) is 13.3. The molecule has 23 heavy (non-hydrogen) atoms. The van der Waals surface area contributed by atoms with Crippen LogP contribution < -0.4 is 5.32 Å². The van der Waals surface area contributed by atoms with E-state index >= 15 is 0 Å².